The molecule has 1 heterocycles. The number of rotatable bonds is 8. The standard InChI is InChI=1S/C22H25N3O2/c1-16(18-8-9-18)25(14-17-6-4-3-5-7-17)15-21-23-22(24-27-21)19-10-12-20(26-2)13-11-19/h3-7,10-13,16,18H,8-9,14-15H2,1-2H3. The molecule has 0 aliphatic heterocycles. The fourth-order valence-corrected chi connectivity index (χ4v) is 3.39. The molecule has 1 fully saturated rings. The largest absolute Gasteiger partial charge is 0.497 e. The third kappa shape index (κ3) is 4.37. The van der Waals surface area contributed by atoms with Gasteiger partial charge in [-0.1, -0.05) is 35.5 Å². The molecule has 4 rings (SSSR count). The van der Waals surface area contributed by atoms with E-state index in [-0.39, 0.29) is 0 Å². The maximum atomic E-state index is 5.56. The van der Waals surface area contributed by atoms with Crippen LogP contribution in [0.25, 0.3) is 11.4 Å². The lowest BCUT2D eigenvalue weighted by molar-refractivity contribution is 0.150. The Kier molecular flexibility index (Phi) is 5.21. The Morgan fingerprint density at radius 1 is 1.07 bits per heavy atom. The van der Waals surface area contributed by atoms with Crippen LogP contribution in [0.2, 0.25) is 0 Å². The van der Waals surface area contributed by atoms with Crippen LogP contribution in [0, 0.1) is 5.92 Å². The molecule has 1 saturated carbocycles. The van der Waals surface area contributed by atoms with Gasteiger partial charge in [0.2, 0.25) is 11.7 Å². The van der Waals surface area contributed by atoms with Crippen molar-refractivity contribution < 1.29 is 9.26 Å². The van der Waals surface area contributed by atoms with Crippen LogP contribution in [0.3, 0.4) is 0 Å². The Balaban J connectivity index is 1.49. The summed E-state index contributed by atoms with van der Waals surface area (Å²) < 4.78 is 10.8. The van der Waals surface area contributed by atoms with E-state index in [9.17, 15) is 0 Å². The van der Waals surface area contributed by atoms with Crippen molar-refractivity contribution in [2.75, 3.05) is 7.11 Å². The third-order valence-electron chi connectivity index (χ3n) is 5.26. The molecule has 1 atom stereocenters. The summed E-state index contributed by atoms with van der Waals surface area (Å²) in [5.41, 5.74) is 2.23. The molecule has 0 bridgehead atoms. The van der Waals surface area contributed by atoms with Crippen LogP contribution < -0.4 is 4.74 Å². The Morgan fingerprint density at radius 3 is 2.48 bits per heavy atom. The average Bonchev–Trinajstić information content (AvgIpc) is 3.46. The van der Waals surface area contributed by atoms with Crippen LogP contribution in [0.4, 0.5) is 0 Å². The first-order valence-corrected chi connectivity index (χ1v) is 9.48. The second-order valence-electron chi connectivity index (χ2n) is 7.21. The molecule has 0 amide bonds. The number of hydrogen-bond donors (Lipinski definition) is 0. The van der Waals surface area contributed by atoms with E-state index in [1.807, 2.05) is 24.3 Å². The van der Waals surface area contributed by atoms with Crippen molar-refractivity contribution in [3.05, 3.63) is 66.1 Å². The first kappa shape index (κ1) is 17.7. The Bertz CT molecular complexity index is 857. The highest BCUT2D eigenvalue weighted by Gasteiger charge is 2.32. The predicted octanol–water partition coefficient (Wildman–Crippen LogP) is 4.55. The van der Waals surface area contributed by atoms with Gasteiger partial charge in [0.15, 0.2) is 0 Å². The van der Waals surface area contributed by atoms with Crippen molar-refractivity contribution in [2.24, 2.45) is 5.92 Å². The van der Waals surface area contributed by atoms with Crippen LogP contribution in [-0.4, -0.2) is 28.2 Å². The van der Waals surface area contributed by atoms with Gasteiger partial charge in [0.25, 0.3) is 0 Å². The van der Waals surface area contributed by atoms with Gasteiger partial charge in [-0.3, -0.25) is 4.90 Å². The van der Waals surface area contributed by atoms with Gasteiger partial charge in [-0.2, -0.15) is 4.98 Å². The van der Waals surface area contributed by atoms with Gasteiger partial charge in [-0.05, 0) is 55.5 Å². The van der Waals surface area contributed by atoms with Gasteiger partial charge < -0.3 is 9.26 Å². The van der Waals surface area contributed by atoms with Gasteiger partial charge in [-0.25, -0.2) is 0 Å². The highest BCUT2D eigenvalue weighted by atomic mass is 16.5. The van der Waals surface area contributed by atoms with E-state index in [0.29, 0.717) is 24.3 Å². The van der Waals surface area contributed by atoms with Crippen LogP contribution in [0.1, 0.15) is 31.2 Å². The SMILES string of the molecule is COc1ccc(-c2noc(CN(Cc3ccccc3)C(C)C3CC3)n2)cc1. The number of ether oxygens (including phenoxy) is 1. The minimum absolute atomic E-state index is 0.501. The quantitative estimate of drug-likeness (QED) is 0.588. The zero-order chi connectivity index (χ0) is 18.6. The zero-order valence-electron chi connectivity index (χ0n) is 15.8. The Hall–Kier alpha value is -2.66. The summed E-state index contributed by atoms with van der Waals surface area (Å²) in [4.78, 5) is 7.06. The van der Waals surface area contributed by atoms with Crippen molar-refractivity contribution in [3.8, 4) is 17.1 Å². The first-order chi connectivity index (χ1) is 13.2. The second-order valence-corrected chi connectivity index (χ2v) is 7.21. The first-order valence-electron chi connectivity index (χ1n) is 9.48. The second kappa shape index (κ2) is 7.92. The van der Waals surface area contributed by atoms with Crippen molar-refractivity contribution in [3.63, 3.8) is 0 Å². The molecule has 140 valence electrons. The highest BCUT2D eigenvalue weighted by molar-refractivity contribution is 5.55. The molecular weight excluding hydrogens is 338 g/mol. The molecule has 3 aromatic rings. The summed E-state index contributed by atoms with van der Waals surface area (Å²) >= 11 is 0. The fourth-order valence-electron chi connectivity index (χ4n) is 3.39. The topological polar surface area (TPSA) is 51.4 Å². The molecule has 5 nitrogen and oxygen atoms in total. The molecule has 27 heavy (non-hydrogen) atoms. The van der Waals surface area contributed by atoms with Gasteiger partial charge in [-0.15, -0.1) is 0 Å². The van der Waals surface area contributed by atoms with Crippen molar-refractivity contribution >= 4 is 0 Å². The van der Waals surface area contributed by atoms with E-state index in [2.05, 4.69) is 52.3 Å². The van der Waals surface area contributed by atoms with E-state index in [1.165, 1.54) is 18.4 Å². The molecule has 0 saturated heterocycles. The molecule has 1 unspecified atom stereocenters. The van der Waals surface area contributed by atoms with Crippen LogP contribution in [0.15, 0.2) is 59.1 Å². The van der Waals surface area contributed by atoms with Crippen molar-refractivity contribution in [1.29, 1.82) is 0 Å². The van der Waals surface area contributed by atoms with E-state index in [4.69, 9.17) is 9.26 Å². The molecule has 0 spiro atoms. The minimum atomic E-state index is 0.501. The lowest BCUT2D eigenvalue weighted by Crippen LogP contribution is -2.33. The summed E-state index contributed by atoms with van der Waals surface area (Å²) in [5, 5.41) is 4.17. The van der Waals surface area contributed by atoms with E-state index >= 15 is 0 Å². The fraction of sp³-hybridized carbons (Fsp3) is 0.364. The van der Waals surface area contributed by atoms with Gasteiger partial charge in [0, 0.05) is 18.2 Å². The van der Waals surface area contributed by atoms with Gasteiger partial charge >= 0.3 is 0 Å². The smallest absolute Gasteiger partial charge is 0.241 e. The average molecular weight is 363 g/mol. The predicted molar refractivity (Wildman–Crippen MR) is 104 cm³/mol. The molecule has 1 aliphatic carbocycles. The third-order valence-corrected chi connectivity index (χ3v) is 5.26. The van der Waals surface area contributed by atoms with E-state index < -0.39 is 0 Å². The van der Waals surface area contributed by atoms with E-state index in [1.54, 1.807) is 7.11 Å². The summed E-state index contributed by atoms with van der Waals surface area (Å²) in [7, 11) is 1.66. The van der Waals surface area contributed by atoms with Crippen LogP contribution in [-0.2, 0) is 13.1 Å². The Morgan fingerprint density at radius 2 is 1.81 bits per heavy atom. The number of hydrogen-bond acceptors (Lipinski definition) is 5. The molecular formula is C22H25N3O2. The van der Waals surface area contributed by atoms with Gasteiger partial charge in [0.1, 0.15) is 5.75 Å². The zero-order valence-corrected chi connectivity index (χ0v) is 15.8. The lowest BCUT2D eigenvalue weighted by atomic mass is 10.1. The maximum Gasteiger partial charge on any atom is 0.241 e. The molecule has 2 aromatic carbocycles. The normalized spacial score (nSPS) is 15.1. The molecule has 0 radical (unpaired) electrons. The van der Waals surface area contributed by atoms with E-state index in [0.717, 1.165) is 23.8 Å². The molecule has 1 aliphatic rings. The number of aromatic nitrogens is 2. The number of nitrogens with zero attached hydrogens (tertiary/aromatic N) is 3. The van der Waals surface area contributed by atoms with Crippen LogP contribution >= 0.6 is 0 Å². The van der Waals surface area contributed by atoms with Gasteiger partial charge in [0.05, 0.1) is 13.7 Å². The summed E-state index contributed by atoms with van der Waals surface area (Å²) in [6.07, 6.45) is 2.63. The monoisotopic (exact) mass is 363 g/mol. The number of methoxy groups -OCH3 is 1. The lowest BCUT2D eigenvalue weighted by Gasteiger charge is -2.27. The summed E-state index contributed by atoms with van der Waals surface area (Å²) in [5.74, 6) is 2.86. The van der Waals surface area contributed by atoms with Crippen molar-refractivity contribution in [1.82, 2.24) is 15.0 Å². The maximum absolute atomic E-state index is 5.56. The summed E-state index contributed by atoms with van der Waals surface area (Å²) in [6.45, 7) is 3.86. The van der Waals surface area contributed by atoms with Crippen molar-refractivity contribution in [2.45, 2.75) is 38.9 Å². The minimum Gasteiger partial charge on any atom is -0.497 e. The molecule has 5 heteroatoms. The number of benzene rings is 2. The summed E-state index contributed by atoms with van der Waals surface area (Å²) in [6, 6.07) is 18.8. The molecule has 1 aromatic heterocycles. The Labute approximate surface area is 160 Å². The molecule has 0 N–H and O–H groups in total. The highest BCUT2D eigenvalue weighted by Crippen LogP contribution is 2.36. The van der Waals surface area contributed by atoms with Crippen LogP contribution in [0.5, 0.6) is 5.75 Å².